The van der Waals surface area contributed by atoms with Gasteiger partial charge in [0.05, 0.1) is 23.5 Å². The van der Waals surface area contributed by atoms with E-state index in [-0.39, 0.29) is 5.91 Å². The van der Waals surface area contributed by atoms with Crippen LogP contribution in [0.3, 0.4) is 0 Å². The molecule has 1 aliphatic rings. The second kappa shape index (κ2) is 7.40. The molecule has 0 radical (unpaired) electrons. The number of para-hydroxylation sites is 2. The molecule has 2 heterocycles. The Morgan fingerprint density at radius 3 is 3.14 bits per heavy atom. The molecule has 0 unspecified atom stereocenters. The highest BCUT2D eigenvalue weighted by molar-refractivity contribution is 5.80. The summed E-state index contributed by atoms with van der Waals surface area (Å²) in [5, 5.41) is 2.98. The Labute approximate surface area is 130 Å². The lowest BCUT2D eigenvalue weighted by Crippen LogP contribution is -2.28. The molecule has 22 heavy (non-hydrogen) atoms. The first-order valence-electron chi connectivity index (χ1n) is 8.11. The maximum atomic E-state index is 12.0. The van der Waals surface area contributed by atoms with Crippen molar-refractivity contribution < 1.29 is 9.53 Å². The Balaban J connectivity index is 1.37. The van der Waals surface area contributed by atoms with Crippen LogP contribution in [0.2, 0.25) is 0 Å². The Morgan fingerprint density at radius 1 is 1.36 bits per heavy atom. The molecule has 1 aromatic heterocycles. The summed E-state index contributed by atoms with van der Waals surface area (Å²) >= 11 is 0. The number of imidazole rings is 1. The molecule has 1 amide bonds. The van der Waals surface area contributed by atoms with Crippen LogP contribution in [-0.2, 0) is 16.1 Å². The van der Waals surface area contributed by atoms with Gasteiger partial charge in [0, 0.05) is 13.2 Å². The molecule has 1 atom stereocenters. The van der Waals surface area contributed by atoms with Gasteiger partial charge in [-0.25, -0.2) is 4.98 Å². The first kappa shape index (κ1) is 15.0. The van der Waals surface area contributed by atoms with Gasteiger partial charge < -0.3 is 14.6 Å². The number of amides is 1. The standard InChI is InChI=1S/C17H23N3O2/c21-17(18-10-4-3-6-14-7-5-11-22-14)12-20-13-19-15-8-1-2-9-16(15)20/h1-2,8-9,13-14H,3-7,10-12H2,(H,18,21)/t14-/m1/s1. The molecule has 5 heteroatoms. The number of carbonyl (C=O) groups is 1. The zero-order valence-electron chi connectivity index (χ0n) is 12.8. The molecule has 118 valence electrons. The summed E-state index contributed by atoms with van der Waals surface area (Å²) in [6, 6.07) is 7.85. The van der Waals surface area contributed by atoms with Crippen LogP contribution in [-0.4, -0.2) is 34.7 Å². The largest absolute Gasteiger partial charge is 0.378 e. The van der Waals surface area contributed by atoms with Gasteiger partial charge >= 0.3 is 0 Å². The van der Waals surface area contributed by atoms with Crippen molar-refractivity contribution in [2.24, 2.45) is 0 Å². The zero-order valence-corrected chi connectivity index (χ0v) is 12.8. The molecule has 1 aromatic carbocycles. The highest BCUT2D eigenvalue weighted by Gasteiger charge is 2.14. The summed E-state index contributed by atoms with van der Waals surface area (Å²) in [5.41, 5.74) is 1.92. The number of rotatable bonds is 7. The normalized spacial score (nSPS) is 17.9. The Kier molecular flexibility index (Phi) is 5.06. The smallest absolute Gasteiger partial charge is 0.239 e. The first-order chi connectivity index (χ1) is 10.8. The molecule has 2 aromatic rings. The summed E-state index contributed by atoms with van der Waals surface area (Å²) in [7, 11) is 0. The number of aromatic nitrogens is 2. The van der Waals surface area contributed by atoms with Gasteiger partial charge in [-0.2, -0.15) is 0 Å². The van der Waals surface area contributed by atoms with E-state index >= 15 is 0 Å². The van der Waals surface area contributed by atoms with Gasteiger partial charge in [-0.3, -0.25) is 4.79 Å². The number of nitrogens with one attached hydrogen (secondary N) is 1. The van der Waals surface area contributed by atoms with Crippen molar-refractivity contribution in [1.29, 1.82) is 0 Å². The van der Waals surface area contributed by atoms with Crippen molar-refractivity contribution in [1.82, 2.24) is 14.9 Å². The fourth-order valence-corrected chi connectivity index (χ4v) is 2.94. The number of benzene rings is 1. The molecule has 1 saturated heterocycles. The van der Waals surface area contributed by atoms with Crippen molar-refractivity contribution in [3.05, 3.63) is 30.6 Å². The van der Waals surface area contributed by atoms with E-state index in [9.17, 15) is 4.79 Å². The third-order valence-corrected chi connectivity index (χ3v) is 4.14. The topological polar surface area (TPSA) is 56.2 Å². The lowest BCUT2D eigenvalue weighted by atomic mass is 10.1. The average molecular weight is 301 g/mol. The second-order valence-corrected chi connectivity index (χ2v) is 5.84. The van der Waals surface area contributed by atoms with Crippen molar-refractivity contribution >= 4 is 16.9 Å². The van der Waals surface area contributed by atoms with Crippen molar-refractivity contribution in [3.63, 3.8) is 0 Å². The molecular formula is C17H23N3O2. The minimum atomic E-state index is 0.0419. The van der Waals surface area contributed by atoms with E-state index in [1.165, 1.54) is 12.8 Å². The average Bonchev–Trinajstić information content (AvgIpc) is 3.17. The maximum Gasteiger partial charge on any atom is 0.239 e. The third-order valence-electron chi connectivity index (χ3n) is 4.14. The minimum Gasteiger partial charge on any atom is -0.378 e. The van der Waals surface area contributed by atoms with Gasteiger partial charge in [0.15, 0.2) is 0 Å². The van der Waals surface area contributed by atoms with E-state index in [0.717, 1.165) is 43.4 Å². The van der Waals surface area contributed by atoms with Gasteiger partial charge in [0.25, 0.3) is 0 Å². The maximum absolute atomic E-state index is 12.0. The van der Waals surface area contributed by atoms with Crippen molar-refractivity contribution in [2.75, 3.05) is 13.2 Å². The van der Waals surface area contributed by atoms with Crippen LogP contribution in [0.4, 0.5) is 0 Å². The summed E-state index contributed by atoms with van der Waals surface area (Å²) in [4.78, 5) is 16.3. The van der Waals surface area contributed by atoms with E-state index in [0.29, 0.717) is 12.6 Å². The van der Waals surface area contributed by atoms with Crippen molar-refractivity contribution in [2.45, 2.75) is 44.8 Å². The number of carbonyl (C=O) groups excluding carboxylic acids is 1. The third kappa shape index (κ3) is 3.85. The lowest BCUT2D eigenvalue weighted by molar-refractivity contribution is -0.121. The van der Waals surface area contributed by atoms with Gasteiger partial charge in [0.2, 0.25) is 5.91 Å². The molecule has 5 nitrogen and oxygen atoms in total. The minimum absolute atomic E-state index is 0.0419. The summed E-state index contributed by atoms with van der Waals surface area (Å²) in [5.74, 6) is 0.0419. The first-order valence-corrected chi connectivity index (χ1v) is 8.11. The lowest BCUT2D eigenvalue weighted by Gasteiger charge is -2.09. The molecule has 1 aliphatic heterocycles. The van der Waals surface area contributed by atoms with Crippen LogP contribution in [0.25, 0.3) is 11.0 Å². The van der Waals surface area contributed by atoms with Crippen LogP contribution >= 0.6 is 0 Å². The predicted octanol–water partition coefficient (Wildman–Crippen LogP) is 2.50. The van der Waals surface area contributed by atoms with Crippen LogP contribution < -0.4 is 5.32 Å². The van der Waals surface area contributed by atoms with E-state index in [1.807, 2.05) is 28.8 Å². The monoisotopic (exact) mass is 301 g/mol. The molecule has 0 saturated carbocycles. The SMILES string of the molecule is O=C(Cn1cnc2ccccc21)NCCCC[C@@H]1CCCO1. The molecule has 1 fully saturated rings. The number of nitrogens with zero attached hydrogens (tertiary/aromatic N) is 2. The predicted molar refractivity (Wildman–Crippen MR) is 85.6 cm³/mol. The molecular weight excluding hydrogens is 278 g/mol. The van der Waals surface area contributed by atoms with Crippen LogP contribution in [0.5, 0.6) is 0 Å². The number of unbranched alkanes of at least 4 members (excludes halogenated alkanes) is 1. The van der Waals surface area contributed by atoms with E-state index < -0.39 is 0 Å². The number of hydrogen-bond donors (Lipinski definition) is 1. The summed E-state index contributed by atoms with van der Waals surface area (Å²) < 4.78 is 7.48. The molecule has 3 rings (SSSR count). The van der Waals surface area contributed by atoms with Gasteiger partial charge in [-0.1, -0.05) is 12.1 Å². The highest BCUT2D eigenvalue weighted by Crippen LogP contribution is 2.17. The Hall–Kier alpha value is -1.88. The van der Waals surface area contributed by atoms with Crippen molar-refractivity contribution in [3.8, 4) is 0 Å². The molecule has 0 aliphatic carbocycles. The number of ether oxygens (including phenoxy) is 1. The van der Waals surface area contributed by atoms with Gasteiger partial charge in [-0.15, -0.1) is 0 Å². The van der Waals surface area contributed by atoms with E-state index in [1.54, 1.807) is 6.33 Å². The van der Waals surface area contributed by atoms with E-state index in [4.69, 9.17) is 4.74 Å². The van der Waals surface area contributed by atoms with Crippen LogP contribution in [0.1, 0.15) is 32.1 Å². The summed E-state index contributed by atoms with van der Waals surface area (Å²) in [6.07, 6.45) is 7.80. The van der Waals surface area contributed by atoms with Gasteiger partial charge in [-0.05, 0) is 44.2 Å². The molecule has 0 bridgehead atoms. The second-order valence-electron chi connectivity index (χ2n) is 5.84. The van der Waals surface area contributed by atoms with Crippen LogP contribution in [0.15, 0.2) is 30.6 Å². The number of hydrogen-bond acceptors (Lipinski definition) is 3. The zero-order chi connectivity index (χ0) is 15.2. The van der Waals surface area contributed by atoms with E-state index in [2.05, 4.69) is 10.3 Å². The quantitative estimate of drug-likeness (QED) is 0.799. The fourth-order valence-electron chi connectivity index (χ4n) is 2.94. The Bertz CT molecular complexity index is 617. The Morgan fingerprint density at radius 2 is 2.27 bits per heavy atom. The van der Waals surface area contributed by atoms with Gasteiger partial charge in [0.1, 0.15) is 6.54 Å². The number of fused-ring (bicyclic) bond motifs is 1. The van der Waals surface area contributed by atoms with Crippen LogP contribution in [0, 0.1) is 0 Å². The summed E-state index contributed by atoms with van der Waals surface area (Å²) in [6.45, 7) is 1.98. The molecule has 0 spiro atoms. The molecule has 1 N–H and O–H groups in total. The fraction of sp³-hybridized carbons (Fsp3) is 0.529. The highest BCUT2D eigenvalue weighted by atomic mass is 16.5.